The average molecular weight is 419 g/mol. The minimum Gasteiger partial charge on any atom is -0.444 e. The molecule has 0 radical (unpaired) electrons. The predicted octanol–water partition coefficient (Wildman–Crippen LogP) is 3.67. The van der Waals surface area contributed by atoms with Crippen molar-refractivity contribution in [3.63, 3.8) is 0 Å². The van der Waals surface area contributed by atoms with Crippen LogP contribution < -0.4 is 0 Å². The molecule has 8 nitrogen and oxygen atoms in total. The lowest BCUT2D eigenvalue weighted by Crippen LogP contribution is -1.99. The van der Waals surface area contributed by atoms with Gasteiger partial charge in [0, 0.05) is 0 Å². The number of aryl methyl sites for hydroxylation is 1. The number of nitrogens with zero attached hydrogens (tertiary/aromatic N) is 6. The lowest BCUT2D eigenvalue weighted by Gasteiger charge is -2.03. The van der Waals surface area contributed by atoms with Crippen LogP contribution in [0.3, 0.4) is 0 Å². The molecule has 0 N–H and O–H groups in total. The molecule has 0 fully saturated rings. The van der Waals surface area contributed by atoms with Gasteiger partial charge in [0.15, 0.2) is 10.4 Å². The van der Waals surface area contributed by atoms with Crippen molar-refractivity contribution in [1.82, 2.24) is 30.4 Å². The minimum absolute atomic E-state index is 0.333. The van der Waals surface area contributed by atoms with Crippen LogP contribution in [0.25, 0.3) is 17.3 Å². The van der Waals surface area contributed by atoms with E-state index >= 15 is 0 Å². The maximum atomic E-state index is 5.61. The number of hydrogen-bond acceptors (Lipinski definition) is 8. The highest BCUT2D eigenvalue weighted by atomic mass is 79.9. The van der Waals surface area contributed by atoms with E-state index < -0.39 is 0 Å². The van der Waals surface area contributed by atoms with E-state index in [1.165, 1.54) is 11.8 Å². The fourth-order valence-electron chi connectivity index (χ4n) is 2.16. The zero-order valence-corrected chi connectivity index (χ0v) is 15.4. The van der Waals surface area contributed by atoms with Crippen molar-refractivity contribution in [2.24, 2.45) is 0 Å². The Kier molecular flexibility index (Phi) is 4.36. The van der Waals surface area contributed by atoms with Gasteiger partial charge >= 0.3 is 0 Å². The van der Waals surface area contributed by atoms with Crippen molar-refractivity contribution in [2.45, 2.75) is 17.8 Å². The Balaban J connectivity index is 1.49. The van der Waals surface area contributed by atoms with Crippen molar-refractivity contribution in [1.29, 1.82) is 0 Å². The highest BCUT2D eigenvalue weighted by Crippen LogP contribution is 2.26. The summed E-state index contributed by atoms with van der Waals surface area (Å²) in [5, 5.41) is 20.5. The predicted molar refractivity (Wildman–Crippen MR) is 93.2 cm³/mol. The number of benzene rings is 1. The van der Waals surface area contributed by atoms with E-state index in [0.29, 0.717) is 33.1 Å². The molecule has 0 saturated carbocycles. The summed E-state index contributed by atoms with van der Waals surface area (Å²) in [6.07, 6.45) is 0. The van der Waals surface area contributed by atoms with E-state index in [1.54, 1.807) is 16.8 Å². The summed E-state index contributed by atoms with van der Waals surface area (Å²) in [4.78, 5) is 0. The highest BCUT2D eigenvalue weighted by Gasteiger charge is 2.15. The molecular formula is C15H11BrN6O2S. The van der Waals surface area contributed by atoms with Gasteiger partial charge in [-0.05, 0) is 63.1 Å². The van der Waals surface area contributed by atoms with Crippen molar-refractivity contribution in [3.8, 4) is 17.3 Å². The fraction of sp³-hybridized carbons (Fsp3) is 0.133. The minimum atomic E-state index is 0.333. The van der Waals surface area contributed by atoms with Gasteiger partial charge in [0.05, 0.1) is 11.4 Å². The molecule has 0 aliphatic heterocycles. The Labute approximate surface area is 154 Å². The van der Waals surface area contributed by atoms with Gasteiger partial charge < -0.3 is 8.83 Å². The average Bonchev–Trinajstić information content (AvgIpc) is 3.33. The van der Waals surface area contributed by atoms with Crippen LogP contribution in [0, 0.1) is 6.92 Å². The van der Waals surface area contributed by atoms with Crippen LogP contribution in [0.1, 0.15) is 11.5 Å². The number of hydrogen-bond donors (Lipinski definition) is 0. The van der Waals surface area contributed by atoms with Gasteiger partial charge in [-0.1, -0.05) is 23.9 Å². The third kappa shape index (κ3) is 3.49. The second-order valence-electron chi connectivity index (χ2n) is 5.11. The van der Waals surface area contributed by atoms with Crippen molar-refractivity contribution >= 4 is 27.7 Å². The van der Waals surface area contributed by atoms with E-state index in [1.807, 2.05) is 31.2 Å². The van der Waals surface area contributed by atoms with Crippen molar-refractivity contribution in [3.05, 3.63) is 52.5 Å². The lowest BCUT2D eigenvalue weighted by atomic mass is 10.2. The summed E-state index contributed by atoms with van der Waals surface area (Å²) >= 11 is 4.65. The molecule has 0 amide bonds. The van der Waals surface area contributed by atoms with Gasteiger partial charge in [0.25, 0.3) is 5.89 Å². The van der Waals surface area contributed by atoms with E-state index in [-0.39, 0.29) is 0 Å². The first-order valence-electron chi connectivity index (χ1n) is 7.25. The molecule has 0 bridgehead atoms. The van der Waals surface area contributed by atoms with Gasteiger partial charge in [-0.25, -0.2) is 0 Å². The van der Waals surface area contributed by atoms with Crippen LogP contribution in [-0.2, 0) is 5.75 Å². The van der Waals surface area contributed by atoms with Crippen molar-refractivity contribution in [2.75, 3.05) is 0 Å². The van der Waals surface area contributed by atoms with Crippen LogP contribution in [0.4, 0.5) is 0 Å². The largest absolute Gasteiger partial charge is 0.444 e. The third-order valence-electron chi connectivity index (χ3n) is 3.26. The first-order valence-corrected chi connectivity index (χ1v) is 9.03. The molecule has 126 valence electrons. The molecule has 3 heterocycles. The second kappa shape index (κ2) is 6.81. The van der Waals surface area contributed by atoms with Gasteiger partial charge in [-0.15, -0.1) is 15.3 Å². The van der Waals surface area contributed by atoms with E-state index in [2.05, 4.69) is 41.7 Å². The zero-order chi connectivity index (χ0) is 17.2. The van der Waals surface area contributed by atoms with Gasteiger partial charge in [-0.3, -0.25) is 0 Å². The number of rotatable bonds is 5. The molecule has 3 aromatic heterocycles. The summed E-state index contributed by atoms with van der Waals surface area (Å²) in [7, 11) is 0. The first kappa shape index (κ1) is 16.0. The summed E-state index contributed by atoms with van der Waals surface area (Å²) in [6, 6.07) is 11.5. The Hall–Kier alpha value is -2.46. The number of aromatic nitrogens is 6. The van der Waals surface area contributed by atoms with Crippen molar-refractivity contribution < 1.29 is 8.83 Å². The Bertz CT molecular complexity index is 1010. The zero-order valence-electron chi connectivity index (χ0n) is 13.0. The van der Waals surface area contributed by atoms with Gasteiger partial charge in [0.2, 0.25) is 11.0 Å². The van der Waals surface area contributed by atoms with Crippen LogP contribution in [0.2, 0.25) is 0 Å². The molecule has 0 atom stereocenters. The molecule has 10 heteroatoms. The first-order chi connectivity index (χ1) is 12.2. The molecule has 4 aromatic rings. The SMILES string of the molecule is Cc1cccc(-n2nnnc2SCc2nnc(-c3ccc(Br)o3)o2)c1. The summed E-state index contributed by atoms with van der Waals surface area (Å²) in [6.45, 7) is 2.02. The lowest BCUT2D eigenvalue weighted by molar-refractivity contribution is 0.486. The van der Waals surface area contributed by atoms with E-state index in [9.17, 15) is 0 Å². The normalized spacial score (nSPS) is 11.1. The Morgan fingerprint density at radius 2 is 2.04 bits per heavy atom. The monoisotopic (exact) mass is 418 g/mol. The quantitative estimate of drug-likeness (QED) is 0.452. The summed E-state index contributed by atoms with van der Waals surface area (Å²) in [5.74, 6) is 1.76. The third-order valence-corrected chi connectivity index (χ3v) is 4.59. The molecule has 0 aliphatic rings. The maximum Gasteiger partial charge on any atom is 0.283 e. The molecular weight excluding hydrogens is 408 g/mol. The summed E-state index contributed by atoms with van der Waals surface area (Å²) in [5.41, 5.74) is 2.04. The number of halogens is 1. The molecule has 1 aromatic carbocycles. The number of tetrazole rings is 1. The Morgan fingerprint density at radius 3 is 2.84 bits per heavy atom. The van der Waals surface area contributed by atoms with Crippen LogP contribution in [0.5, 0.6) is 0 Å². The second-order valence-corrected chi connectivity index (χ2v) is 6.83. The van der Waals surface area contributed by atoms with Crippen LogP contribution >= 0.6 is 27.7 Å². The smallest absolute Gasteiger partial charge is 0.283 e. The summed E-state index contributed by atoms with van der Waals surface area (Å²) < 4.78 is 13.3. The topological polar surface area (TPSA) is 95.7 Å². The highest BCUT2D eigenvalue weighted by molar-refractivity contribution is 9.10. The van der Waals surface area contributed by atoms with Crippen LogP contribution in [0.15, 0.2) is 55.1 Å². The Morgan fingerprint density at radius 1 is 1.12 bits per heavy atom. The van der Waals surface area contributed by atoms with Crippen LogP contribution in [-0.4, -0.2) is 30.4 Å². The van der Waals surface area contributed by atoms with E-state index in [4.69, 9.17) is 8.83 Å². The molecule has 0 spiro atoms. The molecule has 0 aliphatic carbocycles. The molecule has 25 heavy (non-hydrogen) atoms. The van der Waals surface area contributed by atoms with Gasteiger partial charge in [-0.2, -0.15) is 4.68 Å². The number of thioether (sulfide) groups is 1. The molecule has 0 unspecified atom stereocenters. The molecule has 0 saturated heterocycles. The maximum absolute atomic E-state index is 5.61. The fourth-order valence-corrected chi connectivity index (χ4v) is 3.19. The molecule has 4 rings (SSSR count). The number of furan rings is 1. The standard InChI is InChI=1S/C15H11BrN6O2S/c1-9-3-2-4-10(7-9)22-15(19-20-21-22)25-8-13-17-18-14(24-13)11-5-6-12(16)23-11/h2-7H,8H2,1H3. The van der Waals surface area contributed by atoms with Gasteiger partial charge in [0.1, 0.15) is 0 Å². The van der Waals surface area contributed by atoms with E-state index in [0.717, 1.165) is 11.3 Å².